The van der Waals surface area contributed by atoms with Crippen LogP contribution in [-0.2, 0) is 12.6 Å². The summed E-state index contributed by atoms with van der Waals surface area (Å²) in [7, 11) is 3.12. The molecule has 2 aliphatic rings. The summed E-state index contributed by atoms with van der Waals surface area (Å²) in [6, 6.07) is 8.96. The number of hydrogen-bond donors (Lipinski definition) is 1. The number of fused-ring (bicyclic) bond motifs is 1. The Morgan fingerprint density at radius 1 is 1.15 bits per heavy atom. The largest absolute Gasteiger partial charge is 0.495 e. The van der Waals surface area contributed by atoms with Crippen LogP contribution in [0.3, 0.4) is 0 Å². The highest BCUT2D eigenvalue weighted by molar-refractivity contribution is 6.06. The molecule has 214 valence electrons. The summed E-state index contributed by atoms with van der Waals surface area (Å²) in [5.41, 5.74) is 0.241. The number of aliphatic imine (C=N–C) groups is 1. The van der Waals surface area contributed by atoms with Gasteiger partial charge in [-0.25, -0.2) is 14.4 Å². The maximum absolute atomic E-state index is 14.3. The van der Waals surface area contributed by atoms with Gasteiger partial charge in [0.05, 0.1) is 24.1 Å². The summed E-state index contributed by atoms with van der Waals surface area (Å²) in [4.78, 5) is 38.5. The number of benzene rings is 2. The number of methoxy groups -OCH3 is 1. The molecule has 9 nitrogen and oxygen atoms in total. The van der Waals surface area contributed by atoms with E-state index in [1.54, 1.807) is 19.2 Å². The van der Waals surface area contributed by atoms with Gasteiger partial charge >= 0.3 is 6.18 Å². The van der Waals surface area contributed by atoms with Crippen LogP contribution in [0.5, 0.6) is 17.4 Å². The van der Waals surface area contributed by atoms with Crippen LogP contribution in [0.1, 0.15) is 44.7 Å². The number of ether oxygens (including phenoxy) is 2. The molecule has 1 N–H and O–H groups in total. The van der Waals surface area contributed by atoms with E-state index in [1.807, 2.05) is 4.90 Å². The first-order valence-electron chi connectivity index (χ1n) is 12.7. The van der Waals surface area contributed by atoms with Gasteiger partial charge in [0.1, 0.15) is 17.1 Å². The van der Waals surface area contributed by atoms with Gasteiger partial charge in [0.15, 0.2) is 12.0 Å². The van der Waals surface area contributed by atoms with Gasteiger partial charge in [-0.15, -0.1) is 0 Å². The molecule has 1 atom stereocenters. The van der Waals surface area contributed by atoms with Crippen LogP contribution in [0.4, 0.5) is 29.2 Å². The van der Waals surface area contributed by atoms with Crippen molar-refractivity contribution in [1.82, 2.24) is 14.9 Å². The second kappa shape index (κ2) is 11.2. The predicted octanol–water partition coefficient (Wildman–Crippen LogP) is 5.42. The predicted molar refractivity (Wildman–Crippen MR) is 141 cm³/mol. The Morgan fingerprint density at radius 3 is 2.68 bits per heavy atom. The molecule has 1 aliphatic carbocycles. The number of Topliss-reactive ketones (excluding diaryl/α,β-unsaturated/α-hetero) is 1. The SMILES string of the molecule is COc1cc(C(=O)N=C2CCN(C)C[C@@H]2F)ccc1Nc1ncc(C(F)(F)F)c(Oc2cccc3c2C(=O)CC3)n1. The number of nitrogens with zero attached hydrogens (tertiary/aromatic N) is 4. The third kappa shape index (κ3) is 6.04. The normalized spacial score (nSPS) is 18.3. The van der Waals surface area contributed by atoms with Crippen LogP contribution in [0.25, 0.3) is 0 Å². The van der Waals surface area contributed by atoms with Crippen molar-refractivity contribution in [2.75, 3.05) is 32.6 Å². The first-order chi connectivity index (χ1) is 19.5. The Kier molecular flexibility index (Phi) is 7.72. The number of hydrogen-bond acceptors (Lipinski definition) is 8. The van der Waals surface area contributed by atoms with Crippen molar-refractivity contribution < 1.29 is 36.6 Å². The highest BCUT2D eigenvalue weighted by atomic mass is 19.4. The van der Waals surface area contributed by atoms with E-state index in [-0.39, 0.29) is 58.7 Å². The number of anilines is 2. The standard InChI is InChI=1S/C28H25F4N5O4/c1-37-11-10-19(18(29)14-37)34-25(39)16-6-8-20(23(12-16)40-2)35-27-33-13-17(28(30,31)32)26(36-27)41-22-5-3-4-15-7-9-21(38)24(15)22/h3-6,8,12-13,18H,7,9-11,14H2,1-2H3,(H,33,35,36)/t18-/m0/s1. The lowest BCUT2D eigenvalue weighted by Crippen LogP contribution is -2.40. The molecule has 0 radical (unpaired) electrons. The molecule has 1 amide bonds. The van der Waals surface area contributed by atoms with E-state index < -0.39 is 29.7 Å². The van der Waals surface area contributed by atoms with Gasteiger partial charge < -0.3 is 19.7 Å². The number of likely N-dealkylation sites (tertiary alicyclic amines) is 1. The number of amides is 1. The van der Waals surface area contributed by atoms with Gasteiger partial charge in [0, 0.05) is 37.7 Å². The average molecular weight is 572 g/mol. The molecule has 1 fully saturated rings. The van der Waals surface area contributed by atoms with Crippen LogP contribution in [0.2, 0.25) is 0 Å². The minimum atomic E-state index is -4.83. The van der Waals surface area contributed by atoms with Crippen molar-refractivity contribution in [3.63, 3.8) is 0 Å². The van der Waals surface area contributed by atoms with Crippen molar-refractivity contribution in [1.29, 1.82) is 0 Å². The highest BCUT2D eigenvalue weighted by Crippen LogP contribution is 2.40. The van der Waals surface area contributed by atoms with Gasteiger partial charge in [0.25, 0.3) is 5.91 Å². The van der Waals surface area contributed by atoms with Crippen LogP contribution < -0.4 is 14.8 Å². The van der Waals surface area contributed by atoms with Crippen molar-refractivity contribution in [2.24, 2.45) is 4.99 Å². The van der Waals surface area contributed by atoms with Crippen molar-refractivity contribution in [3.05, 3.63) is 64.8 Å². The smallest absolute Gasteiger partial charge is 0.423 e. The van der Waals surface area contributed by atoms with E-state index in [4.69, 9.17) is 9.47 Å². The lowest BCUT2D eigenvalue weighted by molar-refractivity contribution is -0.139. The lowest BCUT2D eigenvalue weighted by Gasteiger charge is -2.26. The topological polar surface area (TPSA) is 106 Å². The van der Waals surface area contributed by atoms with E-state index in [9.17, 15) is 27.2 Å². The maximum atomic E-state index is 14.3. The number of piperidine rings is 1. The third-order valence-electron chi connectivity index (χ3n) is 6.80. The van der Waals surface area contributed by atoms with Gasteiger partial charge in [-0.2, -0.15) is 18.2 Å². The van der Waals surface area contributed by atoms with E-state index >= 15 is 0 Å². The average Bonchev–Trinajstić information content (AvgIpc) is 3.31. The highest BCUT2D eigenvalue weighted by Gasteiger charge is 2.37. The molecule has 2 heterocycles. The van der Waals surface area contributed by atoms with Gasteiger partial charge in [0.2, 0.25) is 11.8 Å². The van der Waals surface area contributed by atoms with E-state index in [2.05, 4.69) is 20.3 Å². The second-order valence-corrected chi connectivity index (χ2v) is 9.65. The number of rotatable bonds is 6. The third-order valence-corrected chi connectivity index (χ3v) is 6.80. The molecule has 3 aromatic rings. The van der Waals surface area contributed by atoms with Crippen molar-refractivity contribution >= 4 is 29.0 Å². The van der Waals surface area contributed by atoms with E-state index in [0.29, 0.717) is 31.1 Å². The number of nitrogens with one attached hydrogen (secondary N) is 1. The molecule has 13 heteroatoms. The minimum Gasteiger partial charge on any atom is -0.495 e. The fourth-order valence-corrected chi connectivity index (χ4v) is 4.66. The Labute approximate surface area is 232 Å². The van der Waals surface area contributed by atoms with E-state index in [1.165, 1.54) is 31.4 Å². The molecule has 5 rings (SSSR count). The van der Waals surface area contributed by atoms with E-state index in [0.717, 1.165) is 0 Å². The molecule has 0 saturated carbocycles. The Balaban J connectivity index is 1.42. The molecule has 1 aliphatic heterocycles. The summed E-state index contributed by atoms with van der Waals surface area (Å²) in [6.07, 6.45) is -4.55. The zero-order valence-electron chi connectivity index (χ0n) is 22.1. The molecule has 41 heavy (non-hydrogen) atoms. The van der Waals surface area contributed by atoms with Crippen LogP contribution in [0.15, 0.2) is 47.6 Å². The lowest BCUT2D eigenvalue weighted by atomic mass is 10.1. The molecular weight excluding hydrogens is 546 g/mol. The number of halogens is 4. The molecule has 1 aromatic heterocycles. The zero-order valence-corrected chi connectivity index (χ0v) is 22.1. The molecular formula is C28H25F4N5O4. The molecule has 2 aromatic carbocycles. The minimum absolute atomic E-state index is 0.0256. The van der Waals surface area contributed by atoms with Crippen LogP contribution in [-0.4, -0.2) is 65.7 Å². The zero-order chi connectivity index (χ0) is 29.3. The van der Waals surface area contributed by atoms with Gasteiger partial charge in [-0.05, 0) is 43.3 Å². The molecule has 0 unspecified atom stereocenters. The number of aryl methyl sites for hydroxylation is 1. The first kappa shape index (κ1) is 28.1. The number of carbonyl (C=O) groups is 2. The van der Waals surface area contributed by atoms with Gasteiger partial charge in [-0.1, -0.05) is 12.1 Å². The summed E-state index contributed by atoms with van der Waals surface area (Å²) >= 11 is 0. The second-order valence-electron chi connectivity index (χ2n) is 9.65. The Morgan fingerprint density at radius 2 is 1.95 bits per heavy atom. The quantitative estimate of drug-likeness (QED) is 0.391. The van der Waals surface area contributed by atoms with Crippen LogP contribution >= 0.6 is 0 Å². The molecule has 0 spiro atoms. The summed E-state index contributed by atoms with van der Waals surface area (Å²) < 4.78 is 66.6. The Hall–Kier alpha value is -4.39. The summed E-state index contributed by atoms with van der Waals surface area (Å²) in [6.45, 7) is 0.737. The fraction of sp³-hybridized carbons (Fsp3) is 0.321. The number of aromatic nitrogens is 2. The summed E-state index contributed by atoms with van der Waals surface area (Å²) in [5.74, 6) is -1.79. The van der Waals surface area contributed by atoms with Crippen molar-refractivity contribution in [2.45, 2.75) is 31.6 Å². The summed E-state index contributed by atoms with van der Waals surface area (Å²) in [5, 5.41) is 2.77. The maximum Gasteiger partial charge on any atom is 0.423 e. The Bertz CT molecular complexity index is 1540. The molecule has 0 bridgehead atoms. The monoisotopic (exact) mass is 571 g/mol. The number of ketones is 1. The number of carbonyl (C=O) groups excluding carboxylic acids is 2. The molecule has 1 saturated heterocycles. The fourth-order valence-electron chi connectivity index (χ4n) is 4.66. The van der Waals surface area contributed by atoms with Gasteiger partial charge in [-0.3, -0.25) is 9.59 Å². The first-order valence-corrected chi connectivity index (χ1v) is 12.7. The number of alkyl halides is 4. The van der Waals surface area contributed by atoms with Crippen molar-refractivity contribution in [3.8, 4) is 17.4 Å². The van der Waals surface area contributed by atoms with Crippen LogP contribution in [0, 0.1) is 0 Å².